The van der Waals surface area contributed by atoms with E-state index in [1.807, 2.05) is 0 Å². The molecule has 17 heavy (non-hydrogen) atoms. The van der Waals surface area contributed by atoms with Crippen LogP contribution >= 0.6 is 11.3 Å². The molecule has 0 atom stereocenters. The van der Waals surface area contributed by atoms with Gasteiger partial charge in [0, 0.05) is 13.1 Å². The molecule has 0 radical (unpaired) electrons. The number of anilines is 2. The largest absolute Gasteiger partial charge is 0.397 e. The van der Waals surface area contributed by atoms with Crippen LogP contribution in [0.5, 0.6) is 0 Å². The van der Waals surface area contributed by atoms with Crippen molar-refractivity contribution in [2.75, 3.05) is 18.1 Å². The lowest BCUT2D eigenvalue weighted by molar-refractivity contribution is 0.0965. The van der Waals surface area contributed by atoms with Gasteiger partial charge in [-0.1, -0.05) is 0 Å². The maximum Gasteiger partial charge on any atom is 0.260 e. The molecule has 2 rings (SSSR count). The van der Waals surface area contributed by atoms with Gasteiger partial charge in [0.25, 0.3) is 11.8 Å². The van der Waals surface area contributed by atoms with Crippen molar-refractivity contribution in [2.45, 2.75) is 18.9 Å². The minimum Gasteiger partial charge on any atom is -0.397 e. The Morgan fingerprint density at radius 2 is 2.06 bits per heavy atom. The number of hydrogen-bond acceptors (Lipinski definition) is 5. The first-order valence-electron chi connectivity index (χ1n) is 5.25. The van der Waals surface area contributed by atoms with Crippen molar-refractivity contribution in [2.24, 2.45) is 5.73 Å². The minimum absolute atomic E-state index is 0.157. The van der Waals surface area contributed by atoms with Crippen LogP contribution in [0, 0.1) is 0 Å². The van der Waals surface area contributed by atoms with Crippen LogP contribution in [0.15, 0.2) is 0 Å². The predicted molar refractivity (Wildman–Crippen MR) is 67.3 cm³/mol. The standard InChI is InChI=1S/C10H14N4O2S/c1-13-9(16)5-6(11)7(8(12)15)17-10(5)14-4-2-3-4/h4,14H,2-3,11H2,1H3,(H2,12,15)(H,13,16). The number of nitrogen functional groups attached to an aromatic ring is 1. The monoisotopic (exact) mass is 254 g/mol. The van der Waals surface area contributed by atoms with Crippen molar-refractivity contribution in [1.29, 1.82) is 0 Å². The molecule has 2 amide bonds. The molecule has 0 unspecified atom stereocenters. The second-order valence-electron chi connectivity index (χ2n) is 3.91. The molecule has 0 bridgehead atoms. The normalized spacial score (nSPS) is 14.4. The van der Waals surface area contributed by atoms with E-state index in [4.69, 9.17) is 11.5 Å². The van der Waals surface area contributed by atoms with Crippen molar-refractivity contribution >= 4 is 33.8 Å². The lowest BCUT2D eigenvalue weighted by Gasteiger charge is -2.05. The summed E-state index contributed by atoms with van der Waals surface area (Å²) in [6.07, 6.45) is 2.13. The fraction of sp³-hybridized carbons (Fsp3) is 0.400. The summed E-state index contributed by atoms with van der Waals surface area (Å²) in [7, 11) is 1.52. The van der Waals surface area contributed by atoms with Gasteiger partial charge in [0.1, 0.15) is 9.88 Å². The van der Waals surface area contributed by atoms with Gasteiger partial charge in [-0.15, -0.1) is 11.3 Å². The van der Waals surface area contributed by atoms with Gasteiger partial charge in [-0.05, 0) is 12.8 Å². The highest BCUT2D eigenvalue weighted by molar-refractivity contribution is 7.19. The van der Waals surface area contributed by atoms with Crippen LogP contribution in [0.1, 0.15) is 32.9 Å². The van der Waals surface area contributed by atoms with Crippen molar-refractivity contribution in [3.05, 3.63) is 10.4 Å². The quantitative estimate of drug-likeness (QED) is 0.622. The molecule has 1 aromatic rings. The minimum atomic E-state index is -0.610. The summed E-state index contributed by atoms with van der Waals surface area (Å²) in [4.78, 5) is 23.1. The molecule has 7 heteroatoms. The maximum atomic E-state index is 11.7. The molecule has 1 heterocycles. The average molecular weight is 254 g/mol. The molecule has 1 aliphatic rings. The summed E-state index contributed by atoms with van der Waals surface area (Å²) in [6.45, 7) is 0. The highest BCUT2D eigenvalue weighted by Gasteiger charge is 2.28. The third-order valence-corrected chi connectivity index (χ3v) is 3.69. The first kappa shape index (κ1) is 11.7. The SMILES string of the molecule is CNC(=O)c1c(NC2CC2)sc(C(N)=O)c1N. The highest BCUT2D eigenvalue weighted by Crippen LogP contribution is 2.38. The summed E-state index contributed by atoms with van der Waals surface area (Å²) >= 11 is 1.13. The van der Waals surface area contributed by atoms with Crippen LogP contribution in [-0.2, 0) is 0 Å². The zero-order valence-corrected chi connectivity index (χ0v) is 10.2. The zero-order chi connectivity index (χ0) is 12.6. The first-order chi connectivity index (χ1) is 8.04. The number of rotatable bonds is 4. The fourth-order valence-corrected chi connectivity index (χ4v) is 2.54. The van der Waals surface area contributed by atoms with E-state index in [2.05, 4.69) is 10.6 Å². The molecule has 1 aromatic heterocycles. The number of primary amides is 1. The molecule has 0 aromatic carbocycles. The summed E-state index contributed by atoms with van der Waals surface area (Å²) < 4.78 is 0. The topological polar surface area (TPSA) is 110 Å². The maximum absolute atomic E-state index is 11.7. The van der Waals surface area contributed by atoms with Gasteiger partial charge >= 0.3 is 0 Å². The molecule has 0 spiro atoms. The Hall–Kier alpha value is -1.76. The Labute approximate surface area is 102 Å². The van der Waals surface area contributed by atoms with Crippen LogP contribution in [0.4, 0.5) is 10.7 Å². The lowest BCUT2D eigenvalue weighted by atomic mass is 10.2. The van der Waals surface area contributed by atoms with E-state index in [0.717, 1.165) is 24.2 Å². The number of carbonyl (C=O) groups excluding carboxylic acids is 2. The number of hydrogen-bond donors (Lipinski definition) is 4. The second-order valence-corrected chi connectivity index (χ2v) is 4.93. The molecular formula is C10H14N4O2S. The van der Waals surface area contributed by atoms with Crippen LogP contribution in [-0.4, -0.2) is 24.9 Å². The van der Waals surface area contributed by atoms with Crippen LogP contribution in [0.2, 0.25) is 0 Å². The number of nitrogens with two attached hydrogens (primary N) is 2. The van der Waals surface area contributed by atoms with Crippen molar-refractivity contribution in [1.82, 2.24) is 5.32 Å². The summed E-state index contributed by atoms with van der Waals surface area (Å²) in [6, 6.07) is 0.372. The zero-order valence-electron chi connectivity index (χ0n) is 9.37. The molecule has 6 N–H and O–H groups in total. The number of thiophene rings is 1. The van der Waals surface area contributed by atoms with Gasteiger partial charge in [-0.2, -0.15) is 0 Å². The van der Waals surface area contributed by atoms with E-state index in [0.29, 0.717) is 16.6 Å². The number of carbonyl (C=O) groups is 2. The smallest absolute Gasteiger partial charge is 0.260 e. The van der Waals surface area contributed by atoms with Gasteiger partial charge in [0.2, 0.25) is 0 Å². The van der Waals surface area contributed by atoms with Gasteiger partial charge in [0.15, 0.2) is 0 Å². The van der Waals surface area contributed by atoms with Crippen molar-refractivity contribution in [3.63, 3.8) is 0 Å². The third-order valence-electron chi connectivity index (χ3n) is 2.54. The molecule has 1 saturated carbocycles. The molecule has 1 aliphatic carbocycles. The van der Waals surface area contributed by atoms with Crippen LogP contribution in [0.3, 0.4) is 0 Å². The highest BCUT2D eigenvalue weighted by atomic mass is 32.1. The molecule has 92 valence electrons. The summed E-state index contributed by atoms with van der Waals surface area (Å²) in [5, 5.41) is 6.31. The van der Waals surface area contributed by atoms with Crippen LogP contribution < -0.4 is 22.1 Å². The van der Waals surface area contributed by atoms with Crippen LogP contribution in [0.25, 0.3) is 0 Å². The van der Waals surface area contributed by atoms with Gasteiger partial charge in [-0.25, -0.2) is 0 Å². The van der Waals surface area contributed by atoms with Gasteiger partial charge < -0.3 is 22.1 Å². The molecule has 0 saturated heterocycles. The van der Waals surface area contributed by atoms with Gasteiger partial charge in [0.05, 0.1) is 11.3 Å². The van der Waals surface area contributed by atoms with Crippen molar-refractivity contribution < 1.29 is 9.59 Å². The van der Waals surface area contributed by atoms with E-state index in [1.165, 1.54) is 7.05 Å². The van der Waals surface area contributed by atoms with E-state index >= 15 is 0 Å². The summed E-state index contributed by atoms with van der Waals surface area (Å²) in [5.74, 6) is -0.920. The molecule has 1 fully saturated rings. The lowest BCUT2D eigenvalue weighted by Crippen LogP contribution is -2.21. The third kappa shape index (κ3) is 2.19. The number of amides is 2. The van der Waals surface area contributed by atoms with E-state index in [1.54, 1.807) is 0 Å². The Morgan fingerprint density at radius 3 is 2.53 bits per heavy atom. The Bertz CT molecular complexity index is 479. The molecule has 6 nitrogen and oxygen atoms in total. The molecular weight excluding hydrogens is 240 g/mol. The van der Waals surface area contributed by atoms with E-state index < -0.39 is 5.91 Å². The first-order valence-corrected chi connectivity index (χ1v) is 6.07. The predicted octanol–water partition coefficient (Wildman–Crippen LogP) is 0.363. The Kier molecular flexibility index (Phi) is 2.93. The second kappa shape index (κ2) is 4.25. The number of nitrogens with one attached hydrogen (secondary N) is 2. The Morgan fingerprint density at radius 1 is 1.41 bits per heavy atom. The summed E-state index contributed by atoms with van der Waals surface area (Å²) in [5.41, 5.74) is 11.5. The van der Waals surface area contributed by atoms with Gasteiger partial charge in [-0.3, -0.25) is 9.59 Å². The van der Waals surface area contributed by atoms with E-state index in [9.17, 15) is 9.59 Å². The fourth-order valence-electron chi connectivity index (χ4n) is 1.49. The van der Waals surface area contributed by atoms with Crippen molar-refractivity contribution in [3.8, 4) is 0 Å². The van der Waals surface area contributed by atoms with E-state index in [-0.39, 0.29) is 16.5 Å². The molecule has 0 aliphatic heterocycles. The average Bonchev–Trinajstić information content (AvgIpc) is 3.02. The Balaban J connectivity index is 2.43.